The number of para-hydroxylation sites is 1. The van der Waals surface area contributed by atoms with Gasteiger partial charge in [0.05, 0.1) is 17.9 Å². The number of carbonyl (C=O) groups excluding carboxylic acids is 1. The first-order chi connectivity index (χ1) is 7.27. The third-order valence-electron chi connectivity index (χ3n) is 2.18. The molecule has 0 fully saturated rings. The van der Waals surface area contributed by atoms with Crippen LogP contribution in [0, 0.1) is 0 Å². The van der Waals surface area contributed by atoms with Crippen molar-refractivity contribution in [2.24, 2.45) is 0 Å². The van der Waals surface area contributed by atoms with E-state index in [0.29, 0.717) is 5.57 Å². The number of anilines is 1. The molecule has 0 saturated heterocycles. The quantitative estimate of drug-likeness (QED) is 0.588. The number of carbonyl (C=O) groups is 1. The van der Waals surface area contributed by atoms with Crippen LogP contribution in [0.5, 0.6) is 0 Å². The zero-order valence-electron chi connectivity index (χ0n) is 8.14. The first-order valence-corrected chi connectivity index (χ1v) is 4.65. The van der Waals surface area contributed by atoms with Gasteiger partial charge in [0, 0.05) is 5.69 Å². The third kappa shape index (κ3) is 2.07. The minimum Gasteiger partial charge on any atom is -0.431 e. The average molecular weight is 201 g/mol. The molecule has 0 radical (unpaired) electrons. The van der Waals surface area contributed by atoms with E-state index >= 15 is 0 Å². The van der Waals surface area contributed by atoms with Crippen LogP contribution in [0.2, 0.25) is 0 Å². The maximum absolute atomic E-state index is 11.2. The van der Waals surface area contributed by atoms with Gasteiger partial charge in [-0.1, -0.05) is 24.8 Å². The molecule has 1 aromatic carbocycles. The van der Waals surface area contributed by atoms with Gasteiger partial charge in [-0.25, -0.2) is 4.79 Å². The molecule has 1 aliphatic rings. The van der Waals surface area contributed by atoms with Crippen LogP contribution in [0.1, 0.15) is 0 Å². The van der Waals surface area contributed by atoms with Gasteiger partial charge in [0.1, 0.15) is 0 Å². The van der Waals surface area contributed by atoms with Gasteiger partial charge in [-0.2, -0.15) is 0 Å². The Hall–Kier alpha value is -2.03. The van der Waals surface area contributed by atoms with Crippen molar-refractivity contribution in [2.45, 2.75) is 6.04 Å². The summed E-state index contributed by atoms with van der Waals surface area (Å²) in [5.41, 5.74) is 1.37. The molecule has 1 atom stereocenters. The van der Waals surface area contributed by atoms with Gasteiger partial charge < -0.3 is 10.1 Å². The van der Waals surface area contributed by atoms with Gasteiger partial charge >= 0.3 is 5.97 Å². The van der Waals surface area contributed by atoms with Crippen LogP contribution in [0.4, 0.5) is 5.69 Å². The van der Waals surface area contributed by atoms with E-state index in [1.165, 1.54) is 6.26 Å². The van der Waals surface area contributed by atoms with Gasteiger partial charge in [0.25, 0.3) is 0 Å². The average Bonchev–Trinajstić information content (AvgIpc) is 2.26. The highest BCUT2D eigenvalue weighted by Gasteiger charge is 2.21. The molecule has 1 unspecified atom stereocenters. The van der Waals surface area contributed by atoms with Crippen LogP contribution >= 0.6 is 0 Å². The van der Waals surface area contributed by atoms with Gasteiger partial charge in [-0.3, -0.25) is 0 Å². The van der Waals surface area contributed by atoms with Crippen LogP contribution in [0.15, 0.2) is 54.8 Å². The maximum atomic E-state index is 11.2. The number of rotatable bonds is 2. The van der Waals surface area contributed by atoms with E-state index in [1.54, 1.807) is 6.08 Å². The fourth-order valence-corrected chi connectivity index (χ4v) is 1.35. The Morgan fingerprint density at radius 1 is 1.27 bits per heavy atom. The molecule has 3 heteroatoms. The molecule has 76 valence electrons. The van der Waals surface area contributed by atoms with Gasteiger partial charge in [0.2, 0.25) is 0 Å². The smallest absolute Gasteiger partial charge is 0.340 e. The Morgan fingerprint density at radius 3 is 2.73 bits per heavy atom. The Balaban J connectivity index is 2.13. The summed E-state index contributed by atoms with van der Waals surface area (Å²) in [6.45, 7) is 3.68. The lowest BCUT2D eigenvalue weighted by Crippen LogP contribution is -2.27. The number of ether oxygens (including phenoxy) is 1. The molecule has 1 aromatic rings. The lowest BCUT2D eigenvalue weighted by Gasteiger charge is -2.20. The number of cyclic esters (lactones) is 1. The fourth-order valence-electron chi connectivity index (χ4n) is 1.35. The van der Waals surface area contributed by atoms with E-state index in [-0.39, 0.29) is 12.0 Å². The molecule has 15 heavy (non-hydrogen) atoms. The zero-order valence-corrected chi connectivity index (χ0v) is 8.14. The SMILES string of the molecule is C=C1C(=O)OC=CC1Nc1ccccc1. The molecule has 3 nitrogen and oxygen atoms in total. The molecule has 0 bridgehead atoms. The van der Waals surface area contributed by atoms with E-state index in [1.807, 2.05) is 30.3 Å². The molecule has 0 amide bonds. The summed E-state index contributed by atoms with van der Waals surface area (Å²) in [7, 11) is 0. The summed E-state index contributed by atoms with van der Waals surface area (Å²) in [5, 5.41) is 3.17. The second kappa shape index (κ2) is 4.00. The van der Waals surface area contributed by atoms with Crippen LogP contribution in [0.25, 0.3) is 0 Å². The monoisotopic (exact) mass is 201 g/mol. The minimum absolute atomic E-state index is 0.186. The molecule has 0 aromatic heterocycles. The molecule has 0 saturated carbocycles. The summed E-state index contributed by atoms with van der Waals surface area (Å²) < 4.78 is 4.70. The van der Waals surface area contributed by atoms with Gasteiger partial charge in [-0.15, -0.1) is 0 Å². The normalized spacial score (nSPS) is 19.9. The largest absolute Gasteiger partial charge is 0.431 e. The van der Waals surface area contributed by atoms with Crippen molar-refractivity contribution < 1.29 is 9.53 Å². The fraction of sp³-hybridized carbons (Fsp3) is 0.0833. The number of nitrogens with one attached hydrogen (secondary N) is 1. The number of benzene rings is 1. The first-order valence-electron chi connectivity index (χ1n) is 4.65. The van der Waals surface area contributed by atoms with Gasteiger partial charge in [0.15, 0.2) is 0 Å². The molecule has 1 N–H and O–H groups in total. The standard InChI is InChI=1S/C12H11NO2/c1-9-11(7-8-15-12(9)14)13-10-5-3-2-4-6-10/h2-8,11,13H,1H2. The van der Waals surface area contributed by atoms with E-state index in [0.717, 1.165) is 5.69 Å². The van der Waals surface area contributed by atoms with Crippen molar-refractivity contribution in [3.8, 4) is 0 Å². The third-order valence-corrected chi connectivity index (χ3v) is 2.18. The van der Waals surface area contributed by atoms with Crippen molar-refractivity contribution in [1.82, 2.24) is 0 Å². The topological polar surface area (TPSA) is 38.3 Å². The number of hydrogen-bond donors (Lipinski definition) is 1. The highest BCUT2D eigenvalue weighted by molar-refractivity contribution is 5.91. The Labute approximate surface area is 88.1 Å². The highest BCUT2D eigenvalue weighted by atomic mass is 16.5. The summed E-state index contributed by atoms with van der Waals surface area (Å²) >= 11 is 0. The lowest BCUT2D eigenvalue weighted by atomic mass is 10.1. The molecular weight excluding hydrogens is 190 g/mol. The Bertz CT molecular complexity index is 409. The van der Waals surface area contributed by atoms with Crippen molar-refractivity contribution in [2.75, 3.05) is 5.32 Å². The molecule has 1 heterocycles. The molecule has 1 aliphatic heterocycles. The van der Waals surface area contributed by atoms with Crippen LogP contribution in [-0.2, 0) is 9.53 Å². The van der Waals surface area contributed by atoms with Crippen molar-refractivity contribution in [1.29, 1.82) is 0 Å². The second-order valence-corrected chi connectivity index (χ2v) is 3.25. The number of esters is 1. The van der Waals surface area contributed by atoms with E-state index in [2.05, 4.69) is 11.9 Å². The van der Waals surface area contributed by atoms with Crippen LogP contribution in [-0.4, -0.2) is 12.0 Å². The molecular formula is C12H11NO2. The molecule has 0 aliphatic carbocycles. The maximum Gasteiger partial charge on any atom is 0.340 e. The molecule has 2 rings (SSSR count). The van der Waals surface area contributed by atoms with Crippen LogP contribution in [0.3, 0.4) is 0 Å². The predicted molar refractivity (Wildman–Crippen MR) is 58.2 cm³/mol. The van der Waals surface area contributed by atoms with E-state index < -0.39 is 0 Å². The van der Waals surface area contributed by atoms with Crippen molar-refractivity contribution >= 4 is 11.7 Å². The Kier molecular flexibility index (Phi) is 2.54. The summed E-state index contributed by atoms with van der Waals surface area (Å²) in [6, 6.07) is 9.47. The second-order valence-electron chi connectivity index (χ2n) is 3.25. The van der Waals surface area contributed by atoms with Crippen LogP contribution < -0.4 is 5.32 Å². The highest BCUT2D eigenvalue weighted by Crippen LogP contribution is 2.16. The van der Waals surface area contributed by atoms with E-state index in [4.69, 9.17) is 4.74 Å². The first kappa shape index (κ1) is 9.52. The summed E-state index contributed by atoms with van der Waals surface area (Å²) in [6.07, 6.45) is 3.15. The van der Waals surface area contributed by atoms with Crippen molar-refractivity contribution in [3.05, 3.63) is 54.8 Å². The number of hydrogen-bond acceptors (Lipinski definition) is 3. The predicted octanol–water partition coefficient (Wildman–Crippen LogP) is 2.09. The van der Waals surface area contributed by atoms with E-state index in [9.17, 15) is 4.79 Å². The lowest BCUT2D eigenvalue weighted by molar-refractivity contribution is -0.134. The van der Waals surface area contributed by atoms with Crippen molar-refractivity contribution in [3.63, 3.8) is 0 Å². The van der Waals surface area contributed by atoms with Gasteiger partial charge in [-0.05, 0) is 18.2 Å². The molecule has 0 spiro atoms. The zero-order chi connectivity index (χ0) is 10.7. The minimum atomic E-state index is -0.383. The Morgan fingerprint density at radius 2 is 2.00 bits per heavy atom. The summed E-state index contributed by atoms with van der Waals surface area (Å²) in [4.78, 5) is 11.2. The summed E-state index contributed by atoms with van der Waals surface area (Å²) in [5.74, 6) is -0.383.